The van der Waals surface area contributed by atoms with E-state index in [1.54, 1.807) is 9.80 Å². The van der Waals surface area contributed by atoms with Gasteiger partial charge in [0, 0.05) is 24.0 Å². The molecule has 6 nitrogen and oxygen atoms in total. The van der Waals surface area contributed by atoms with Gasteiger partial charge in [0.05, 0.1) is 50.6 Å². The third kappa shape index (κ3) is 9.56. The Morgan fingerprint density at radius 3 is 1.54 bits per heavy atom. The zero-order valence-electron chi connectivity index (χ0n) is 20.5. The number of aromatic nitrogens is 4. The summed E-state index contributed by atoms with van der Waals surface area (Å²) in [6.45, 7) is 4.59. The Morgan fingerprint density at radius 2 is 1.11 bits per heavy atom. The third-order valence-electron chi connectivity index (χ3n) is 6.20. The van der Waals surface area contributed by atoms with Crippen molar-refractivity contribution in [2.75, 3.05) is 51.8 Å². The molecule has 0 aromatic carbocycles. The average molecular weight is 596 g/mol. The molecule has 2 atom stereocenters. The monoisotopic (exact) mass is 594 g/mol. The minimum Gasteiger partial charge on any atom is -1.00 e. The Morgan fingerprint density at radius 1 is 0.686 bits per heavy atom. The number of rotatable bonds is 12. The molecule has 0 saturated heterocycles. The molecular formula is C23H36Cl2N6S4. The summed E-state index contributed by atoms with van der Waals surface area (Å²) >= 11 is 6.50. The summed E-state index contributed by atoms with van der Waals surface area (Å²) < 4.78 is 18.3. The molecule has 2 aliphatic heterocycles. The minimum absolute atomic E-state index is 0. The maximum absolute atomic E-state index is 4.60. The van der Waals surface area contributed by atoms with Crippen LogP contribution in [0, 0.1) is 0 Å². The summed E-state index contributed by atoms with van der Waals surface area (Å²) in [5.41, 5.74) is 5.07. The van der Waals surface area contributed by atoms with Crippen LogP contribution in [-0.2, 0) is 0 Å². The van der Waals surface area contributed by atoms with Crippen LogP contribution in [0.5, 0.6) is 0 Å². The van der Waals surface area contributed by atoms with Crippen molar-refractivity contribution < 1.29 is 34.6 Å². The lowest BCUT2D eigenvalue weighted by Crippen LogP contribution is -3.09. The van der Waals surface area contributed by atoms with E-state index in [0.29, 0.717) is 0 Å². The Kier molecular flexibility index (Phi) is 14.7. The Labute approximate surface area is 239 Å². The Bertz CT molecular complexity index is 874. The number of nitrogens with zero attached hydrogens (tertiary/aromatic N) is 4. The van der Waals surface area contributed by atoms with Crippen LogP contribution in [0.25, 0.3) is 11.1 Å². The van der Waals surface area contributed by atoms with E-state index in [-0.39, 0.29) is 24.8 Å². The van der Waals surface area contributed by atoms with Crippen molar-refractivity contribution in [3.63, 3.8) is 0 Å². The fourth-order valence-electron chi connectivity index (χ4n) is 4.33. The smallest absolute Gasteiger partial charge is 0.138 e. The van der Waals surface area contributed by atoms with Gasteiger partial charge in [0.1, 0.15) is 34.5 Å². The lowest BCUT2D eigenvalue weighted by atomic mass is 10.1. The first kappa shape index (κ1) is 31.0. The normalized spacial score (nSPS) is 19.9. The van der Waals surface area contributed by atoms with E-state index >= 15 is 0 Å². The molecule has 2 aliphatic rings. The zero-order chi connectivity index (χ0) is 22.9. The molecule has 0 radical (unpaired) electrons. The van der Waals surface area contributed by atoms with Crippen LogP contribution in [0.3, 0.4) is 0 Å². The number of unbranched alkanes of at least 4 members (excludes halogenated alkanes) is 4. The molecule has 0 bridgehead atoms. The second-order valence-corrected chi connectivity index (χ2v) is 12.3. The molecular weight excluding hydrogens is 559 g/mol. The third-order valence-corrected chi connectivity index (χ3v) is 9.59. The van der Waals surface area contributed by atoms with Crippen molar-refractivity contribution in [1.29, 1.82) is 0 Å². The fourth-order valence-corrected chi connectivity index (χ4v) is 7.75. The van der Waals surface area contributed by atoms with Crippen molar-refractivity contribution >= 4 is 58.1 Å². The number of hydrogen-bond acceptors (Lipinski definition) is 8. The maximum Gasteiger partial charge on any atom is 0.138 e. The lowest BCUT2D eigenvalue weighted by Gasteiger charge is -2.19. The summed E-state index contributed by atoms with van der Waals surface area (Å²) in [4.78, 5) is 3.13. The van der Waals surface area contributed by atoms with E-state index < -0.39 is 0 Å². The zero-order valence-corrected chi connectivity index (χ0v) is 25.3. The molecule has 4 rings (SSSR count). The van der Waals surface area contributed by atoms with E-state index in [0.717, 1.165) is 58.9 Å². The highest BCUT2D eigenvalue weighted by molar-refractivity contribution is 7.99. The Hall–Kier alpha value is -0.200. The average Bonchev–Trinajstić information content (AvgIpc) is 3.47. The van der Waals surface area contributed by atoms with E-state index in [1.165, 1.54) is 79.8 Å². The van der Waals surface area contributed by atoms with E-state index in [4.69, 9.17) is 0 Å². The molecule has 35 heavy (non-hydrogen) atoms. The molecule has 2 aromatic rings. The SMILES string of the molecule is C[NH+]1CCC=C(c2nsnc2SCCCCCCCSc2nsnc2C2=CCC[NH+](C)C2)C1.[Cl-].[Cl-]. The van der Waals surface area contributed by atoms with Gasteiger partial charge in [-0.15, -0.1) is 23.5 Å². The topological polar surface area (TPSA) is 60.4 Å². The molecule has 0 spiro atoms. The van der Waals surface area contributed by atoms with Crippen LogP contribution in [0.1, 0.15) is 56.3 Å². The standard InChI is InChI=1S/C23H34N6S4.2ClH/c1-28-12-8-10-18(16-28)20-22(26-32-24-20)30-14-6-4-3-5-7-15-31-23-21(25-33-27-23)19-11-9-13-29(2)17-19;;/h10-11H,3-9,12-17H2,1-2H3;2*1H. The number of nitrogens with one attached hydrogen (secondary N) is 2. The molecule has 4 heterocycles. The van der Waals surface area contributed by atoms with Crippen molar-refractivity contribution in [2.24, 2.45) is 0 Å². The highest BCUT2D eigenvalue weighted by atomic mass is 35.5. The molecule has 2 N–H and O–H groups in total. The number of likely N-dealkylation sites (N-methyl/N-ethyl adjacent to an activating group) is 2. The second-order valence-electron chi connectivity index (χ2n) is 9.10. The number of halogens is 2. The van der Waals surface area contributed by atoms with Gasteiger partial charge in [0.15, 0.2) is 0 Å². The predicted octanol–water partition coefficient (Wildman–Crippen LogP) is -3.16. The van der Waals surface area contributed by atoms with Gasteiger partial charge in [0.2, 0.25) is 0 Å². The number of hydrogen-bond donors (Lipinski definition) is 2. The van der Waals surface area contributed by atoms with Gasteiger partial charge < -0.3 is 34.6 Å². The summed E-state index contributed by atoms with van der Waals surface area (Å²) in [6, 6.07) is 0. The predicted molar refractivity (Wildman–Crippen MR) is 143 cm³/mol. The summed E-state index contributed by atoms with van der Waals surface area (Å²) in [5, 5.41) is 2.29. The Balaban J connectivity index is 0.00000216. The van der Waals surface area contributed by atoms with Gasteiger partial charge in [-0.1, -0.05) is 31.4 Å². The van der Waals surface area contributed by atoms with E-state index in [1.807, 2.05) is 23.5 Å². The van der Waals surface area contributed by atoms with Crippen LogP contribution in [-0.4, -0.2) is 69.3 Å². The molecule has 0 saturated carbocycles. The van der Waals surface area contributed by atoms with E-state index in [9.17, 15) is 0 Å². The van der Waals surface area contributed by atoms with Crippen LogP contribution < -0.4 is 34.6 Å². The first-order valence-electron chi connectivity index (χ1n) is 12.1. The van der Waals surface area contributed by atoms with Crippen molar-refractivity contribution in [1.82, 2.24) is 17.5 Å². The fraction of sp³-hybridized carbons (Fsp3) is 0.652. The number of thioether (sulfide) groups is 2. The molecule has 0 fully saturated rings. The van der Waals surface area contributed by atoms with Gasteiger partial charge in [-0.05, 0) is 24.3 Å². The van der Waals surface area contributed by atoms with Crippen LogP contribution in [0.4, 0.5) is 0 Å². The van der Waals surface area contributed by atoms with E-state index in [2.05, 4.69) is 43.7 Å². The molecule has 0 aliphatic carbocycles. The summed E-state index contributed by atoms with van der Waals surface area (Å²) in [7, 11) is 4.53. The van der Waals surface area contributed by atoms with Crippen LogP contribution >= 0.6 is 47.0 Å². The molecule has 0 amide bonds. The first-order valence-corrected chi connectivity index (χ1v) is 15.6. The van der Waals surface area contributed by atoms with Gasteiger partial charge >= 0.3 is 0 Å². The van der Waals surface area contributed by atoms with Gasteiger partial charge in [-0.25, -0.2) is 0 Å². The highest BCUT2D eigenvalue weighted by Gasteiger charge is 2.21. The van der Waals surface area contributed by atoms with Gasteiger partial charge in [0.25, 0.3) is 0 Å². The van der Waals surface area contributed by atoms with Crippen molar-refractivity contribution in [3.05, 3.63) is 23.5 Å². The van der Waals surface area contributed by atoms with Gasteiger partial charge in [-0.3, -0.25) is 0 Å². The van der Waals surface area contributed by atoms with Gasteiger partial charge in [-0.2, -0.15) is 17.5 Å². The molecule has 12 heteroatoms. The van der Waals surface area contributed by atoms with Crippen molar-refractivity contribution in [3.8, 4) is 0 Å². The quantitative estimate of drug-likeness (QED) is 0.200. The second kappa shape index (κ2) is 16.6. The van der Waals surface area contributed by atoms with Crippen LogP contribution in [0.2, 0.25) is 0 Å². The largest absolute Gasteiger partial charge is 1.00 e. The summed E-state index contributed by atoms with van der Waals surface area (Å²) in [5.74, 6) is 2.28. The van der Waals surface area contributed by atoms with Crippen LogP contribution in [0.15, 0.2) is 22.2 Å². The maximum atomic E-state index is 4.60. The summed E-state index contributed by atoms with van der Waals surface area (Å²) in [6.07, 6.45) is 13.4. The molecule has 2 aromatic heterocycles. The first-order chi connectivity index (χ1) is 16.2. The molecule has 196 valence electrons. The lowest BCUT2D eigenvalue weighted by molar-refractivity contribution is -0.872. The minimum atomic E-state index is 0. The highest BCUT2D eigenvalue weighted by Crippen LogP contribution is 2.29. The number of quaternary nitrogens is 2. The molecule has 2 unspecified atom stereocenters. The van der Waals surface area contributed by atoms with Crippen molar-refractivity contribution in [2.45, 2.75) is 55.0 Å².